The van der Waals surface area contributed by atoms with Crippen LogP contribution >= 0.6 is 0 Å². The molecule has 0 atom stereocenters. The van der Waals surface area contributed by atoms with E-state index in [4.69, 9.17) is 4.74 Å². The first-order valence-electron chi connectivity index (χ1n) is 8.62. The molecule has 1 aliphatic rings. The van der Waals surface area contributed by atoms with E-state index in [0.29, 0.717) is 32.5 Å². The molecule has 0 aromatic heterocycles. The van der Waals surface area contributed by atoms with Gasteiger partial charge in [-0.15, -0.1) is 0 Å². The van der Waals surface area contributed by atoms with Crippen molar-refractivity contribution in [2.24, 2.45) is 0 Å². The van der Waals surface area contributed by atoms with Crippen molar-refractivity contribution >= 4 is 6.09 Å². The van der Waals surface area contributed by atoms with Gasteiger partial charge in [0.15, 0.2) is 0 Å². The molecule has 1 aliphatic heterocycles. The molecular weight excluding hydrogens is 280 g/mol. The lowest BCUT2D eigenvalue weighted by Gasteiger charge is -2.41. The van der Waals surface area contributed by atoms with Crippen molar-refractivity contribution in [3.63, 3.8) is 0 Å². The van der Waals surface area contributed by atoms with Gasteiger partial charge in [0.25, 0.3) is 0 Å². The number of unbranched alkanes of at least 4 members (excludes halogenated alkanes) is 1. The largest absolute Gasteiger partial charge is 0.444 e. The van der Waals surface area contributed by atoms with E-state index < -0.39 is 11.2 Å². The number of carbonyl (C=O) groups is 1. The molecular formula is C17H34N2O3. The fourth-order valence-corrected chi connectivity index (χ4v) is 2.74. The van der Waals surface area contributed by atoms with Crippen LogP contribution in [0, 0.1) is 0 Å². The second-order valence-electron chi connectivity index (χ2n) is 7.41. The Kier molecular flexibility index (Phi) is 7.13. The zero-order valence-electron chi connectivity index (χ0n) is 15.0. The summed E-state index contributed by atoms with van der Waals surface area (Å²) < 4.78 is 5.40. The van der Waals surface area contributed by atoms with Crippen LogP contribution in [-0.2, 0) is 4.74 Å². The molecule has 130 valence electrons. The minimum absolute atomic E-state index is 0.270. The molecule has 0 aromatic rings. The number of rotatable bonds is 6. The molecule has 0 saturated carbocycles. The number of amides is 1. The van der Waals surface area contributed by atoms with Crippen LogP contribution in [0.25, 0.3) is 0 Å². The van der Waals surface area contributed by atoms with Gasteiger partial charge in [0.2, 0.25) is 0 Å². The van der Waals surface area contributed by atoms with Crippen LogP contribution < -0.4 is 0 Å². The number of aliphatic hydroxyl groups is 1. The van der Waals surface area contributed by atoms with Crippen LogP contribution in [-0.4, -0.2) is 64.9 Å². The summed E-state index contributed by atoms with van der Waals surface area (Å²) in [6.07, 6.45) is 3.30. The molecule has 1 heterocycles. The molecule has 5 heteroatoms. The number of carbonyl (C=O) groups excluding carboxylic acids is 1. The lowest BCUT2D eigenvalue weighted by atomic mass is 9.91. The van der Waals surface area contributed by atoms with Crippen LogP contribution in [0.5, 0.6) is 0 Å². The standard InChI is InChI=1S/C17H34N2O3/c1-6-8-11-18(7-2)14-17(21)9-12-19(13-10-17)15(20)22-16(3,4)5/h21H,6-14H2,1-5H3. The van der Waals surface area contributed by atoms with Crippen molar-refractivity contribution in [2.45, 2.75) is 71.5 Å². The highest BCUT2D eigenvalue weighted by molar-refractivity contribution is 5.68. The van der Waals surface area contributed by atoms with Crippen molar-refractivity contribution in [3.8, 4) is 0 Å². The first-order valence-corrected chi connectivity index (χ1v) is 8.62. The molecule has 0 radical (unpaired) electrons. The predicted molar refractivity (Wildman–Crippen MR) is 89.0 cm³/mol. The van der Waals surface area contributed by atoms with Crippen molar-refractivity contribution < 1.29 is 14.6 Å². The Labute approximate surface area is 135 Å². The summed E-state index contributed by atoms with van der Waals surface area (Å²) in [6.45, 7) is 13.8. The van der Waals surface area contributed by atoms with Gasteiger partial charge in [0.05, 0.1) is 5.60 Å². The first kappa shape index (κ1) is 19.2. The molecule has 1 N–H and O–H groups in total. The Hall–Kier alpha value is -0.810. The third-order valence-corrected chi connectivity index (χ3v) is 4.14. The number of likely N-dealkylation sites (N-methyl/N-ethyl adjacent to an activating group) is 1. The third kappa shape index (κ3) is 6.53. The molecule has 0 aromatic carbocycles. The molecule has 1 rings (SSSR count). The summed E-state index contributed by atoms with van der Waals surface area (Å²) in [4.78, 5) is 16.1. The minimum Gasteiger partial charge on any atom is -0.444 e. The van der Waals surface area contributed by atoms with Crippen LogP contribution in [0.2, 0.25) is 0 Å². The highest BCUT2D eigenvalue weighted by Crippen LogP contribution is 2.25. The zero-order chi connectivity index (χ0) is 16.8. The van der Waals surface area contributed by atoms with Gasteiger partial charge in [-0.2, -0.15) is 0 Å². The van der Waals surface area contributed by atoms with Crippen molar-refractivity contribution in [3.05, 3.63) is 0 Å². The number of nitrogens with zero attached hydrogens (tertiary/aromatic N) is 2. The average molecular weight is 314 g/mol. The summed E-state index contributed by atoms with van der Waals surface area (Å²) in [7, 11) is 0. The van der Waals surface area contributed by atoms with E-state index in [0.717, 1.165) is 19.5 Å². The van der Waals surface area contributed by atoms with Crippen LogP contribution in [0.3, 0.4) is 0 Å². The topological polar surface area (TPSA) is 53.0 Å². The highest BCUT2D eigenvalue weighted by atomic mass is 16.6. The Morgan fingerprint density at radius 2 is 1.86 bits per heavy atom. The Morgan fingerprint density at radius 3 is 2.32 bits per heavy atom. The fraction of sp³-hybridized carbons (Fsp3) is 0.941. The molecule has 0 spiro atoms. The van der Waals surface area contributed by atoms with Gasteiger partial charge in [-0.25, -0.2) is 4.79 Å². The van der Waals surface area contributed by atoms with E-state index in [9.17, 15) is 9.90 Å². The van der Waals surface area contributed by atoms with Gasteiger partial charge in [-0.3, -0.25) is 0 Å². The summed E-state index contributed by atoms with van der Waals surface area (Å²) in [5.74, 6) is 0. The maximum atomic E-state index is 12.1. The van der Waals surface area contributed by atoms with Crippen LogP contribution in [0.1, 0.15) is 60.3 Å². The van der Waals surface area contributed by atoms with Gasteiger partial charge in [-0.05, 0) is 53.1 Å². The summed E-state index contributed by atoms with van der Waals surface area (Å²) in [5.41, 5.74) is -1.15. The number of ether oxygens (including phenoxy) is 1. The van der Waals surface area contributed by atoms with Crippen molar-refractivity contribution in [1.29, 1.82) is 0 Å². The molecule has 1 amide bonds. The number of likely N-dealkylation sites (tertiary alicyclic amines) is 1. The van der Waals surface area contributed by atoms with Crippen LogP contribution in [0.4, 0.5) is 4.79 Å². The van der Waals surface area contributed by atoms with Gasteiger partial charge in [-0.1, -0.05) is 20.3 Å². The zero-order valence-corrected chi connectivity index (χ0v) is 15.0. The van der Waals surface area contributed by atoms with E-state index in [1.165, 1.54) is 6.42 Å². The molecule has 1 saturated heterocycles. The van der Waals surface area contributed by atoms with Gasteiger partial charge >= 0.3 is 6.09 Å². The predicted octanol–water partition coefficient (Wildman–Crippen LogP) is 2.87. The smallest absolute Gasteiger partial charge is 0.410 e. The summed E-state index contributed by atoms with van der Waals surface area (Å²) in [5, 5.41) is 10.8. The molecule has 22 heavy (non-hydrogen) atoms. The van der Waals surface area contributed by atoms with E-state index in [-0.39, 0.29) is 6.09 Å². The number of piperidine rings is 1. The lowest BCUT2D eigenvalue weighted by Crippen LogP contribution is -2.52. The first-order chi connectivity index (χ1) is 10.2. The monoisotopic (exact) mass is 314 g/mol. The number of hydrogen-bond acceptors (Lipinski definition) is 4. The normalized spacial score (nSPS) is 18.6. The second-order valence-corrected chi connectivity index (χ2v) is 7.41. The molecule has 0 unspecified atom stereocenters. The van der Waals surface area contributed by atoms with Crippen molar-refractivity contribution in [2.75, 3.05) is 32.7 Å². The summed E-state index contributed by atoms with van der Waals surface area (Å²) >= 11 is 0. The number of hydrogen-bond donors (Lipinski definition) is 1. The quantitative estimate of drug-likeness (QED) is 0.819. The maximum Gasteiger partial charge on any atom is 0.410 e. The van der Waals surface area contributed by atoms with Crippen molar-refractivity contribution in [1.82, 2.24) is 9.80 Å². The van der Waals surface area contributed by atoms with E-state index in [2.05, 4.69) is 18.7 Å². The fourth-order valence-electron chi connectivity index (χ4n) is 2.74. The third-order valence-electron chi connectivity index (χ3n) is 4.14. The molecule has 5 nitrogen and oxygen atoms in total. The summed E-state index contributed by atoms with van der Waals surface area (Å²) in [6, 6.07) is 0. The molecule has 0 bridgehead atoms. The highest BCUT2D eigenvalue weighted by Gasteiger charge is 2.36. The Bertz CT molecular complexity index is 344. The second kappa shape index (κ2) is 8.16. The molecule has 1 fully saturated rings. The average Bonchev–Trinajstić information content (AvgIpc) is 2.42. The minimum atomic E-state index is -0.678. The molecule has 0 aliphatic carbocycles. The Morgan fingerprint density at radius 1 is 1.27 bits per heavy atom. The van der Waals surface area contributed by atoms with E-state index >= 15 is 0 Å². The Balaban J connectivity index is 2.47. The SMILES string of the molecule is CCCCN(CC)CC1(O)CCN(C(=O)OC(C)(C)C)CC1. The van der Waals surface area contributed by atoms with Crippen LogP contribution in [0.15, 0.2) is 0 Å². The lowest BCUT2D eigenvalue weighted by molar-refractivity contribution is -0.0496. The maximum absolute atomic E-state index is 12.1. The van der Waals surface area contributed by atoms with E-state index in [1.807, 2.05) is 20.8 Å². The van der Waals surface area contributed by atoms with Gasteiger partial charge < -0.3 is 19.6 Å². The van der Waals surface area contributed by atoms with Gasteiger partial charge in [0, 0.05) is 19.6 Å². The van der Waals surface area contributed by atoms with E-state index in [1.54, 1.807) is 4.90 Å². The van der Waals surface area contributed by atoms with Gasteiger partial charge in [0.1, 0.15) is 5.60 Å².